The molecule has 4 fully saturated rings. The maximum absolute atomic E-state index is 2.67. The third kappa shape index (κ3) is 3.75. The lowest BCUT2D eigenvalue weighted by molar-refractivity contribution is 0.327. The highest BCUT2D eigenvalue weighted by Gasteiger charge is 2.59. The van der Waals surface area contributed by atoms with Crippen LogP contribution in [-0.4, -0.2) is 6.71 Å². The molecule has 4 saturated carbocycles. The van der Waals surface area contributed by atoms with E-state index in [1.807, 2.05) is 0 Å². The van der Waals surface area contributed by atoms with Gasteiger partial charge < -0.3 is 9.80 Å². The molecular formula is C56H45BN2. The van der Waals surface area contributed by atoms with E-state index < -0.39 is 0 Å². The molecule has 15 rings (SSSR count). The summed E-state index contributed by atoms with van der Waals surface area (Å²) in [5, 5.41) is 0. The van der Waals surface area contributed by atoms with Crippen LogP contribution >= 0.6 is 0 Å². The lowest BCUT2D eigenvalue weighted by atomic mass is 9.33. The van der Waals surface area contributed by atoms with Gasteiger partial charge in [0.15, 0.2) is 0 Å². The lowest BCUT2D eigenvalue weighted by Gasteiger charge is -2.45. The summed E-state index contributed by atoms with van der Waals surface area (Å²) >= 11 is 0. The molecule has 2 nitrogen and oxygen atoms in total. The van der Waals surface area contributed by atoms with E-state index in [0.29, 0.717) is 0 Å². The van der Waals surface area contributed by atoms with Gasteiger partial charge in [-0.2, -0.15) is 0 Å². The van der Waals surface area contributed by atoms with E-state index in [4.69, 9.17) is 0 Å². The Morgan fingerprint density at radius 1 is 0.441 bits per heavy atom. The summed E-state index contributed by atoms with van der Waals surface area (Å²) in [5.74, 6) is 3.14. The maximum Gasteiger partial charge on any atom is 0.252 e. The van der Waals surface area contributed by atoms with Crippen molar-refractivity contribution < 1.29 is 0 Å². The van der Waals surface area contributed by atoms with Gasteiger partial charge in [-0.25, -0.2) is 0 Å². The Bertz CT molecular complexity index is 2990. The number of hydrogen-bond acceptors (Lipinski definition) is 2. The average Bonchev–Trinajstić information content (AvgIpc) is 4.17. The lowest BCUT2D eigenvalue weighted by Crippen LogP contribution is -2.61. The summed E-state index contributed by atoms with van der Waals surface area (Å²) < 4.78 is 0. The van der Waals surface area contributed by atoms with E-state index in [-0.39, 0.29) is 17.5 Å². The zero-order valence-corrected chi connectivity index (χ0v) is 33.4. The SMILES string of the molecule is c1ccc(N2c3cccc4c3B(c3ccccc3N4c3ccc4c(c3)[C@@]3(C[C@H]5CC[C@@H]3C5)c3ccccc3-4)c3ccc4c(c32)-c2ccccc2[C@@]42C[C@@H]3CCC2C3)cc1. The summed E-state index contributed by atoms with van der Waals surface area (Å²) in [5.41, 5.74) is 24.6. The fourth-order valence-electron chi connectivity index (χ4n) is 15.5. The van der Waals surface area contributed by atoms with Gasteiger partial charge in [0, 0.05) is 50.5 Å². The fourth-order valence-corrected chi connectivity index (χ4v) is 15.5. The second kappa shape index (κ2) is 11.1. The van der Waals surface area contributed by atoms with Gasteiger partial charge in [0.05, 0.1) is 0 Å². The third-order valence-corrected chi connectivity index (χ3v) is 17.4. The van der Waals surface area contributed by atoms with Crippen LogP contribution in [0.5, 0.6) is 0 Å². The zero-order chi connectivity index (χ0) is 38.2. The summed E-state index contributed by atoms with van der Waals surface area (Å²) in [6.45, 7) is 0.119. The highest BCUT2D eigenvalue weighted by atomic mass is 15.2. The number of rotatable bonds is 2. The molecule has 0 saturated heterocycles. The van der Waals surface area contributed by atoms with Crippen LogP contribution in [0.25, 0.3) is 22.3 Å². The van der Waals surface area contributed by atoms with Crippen LogP contribution < -0.4 is 26.2 Å². The fraction of sp³-hybridized carbons (Fsp3) is 0.250. The third-order valence-electron chi connectivity index (χ3n) is 17.4. The number of hydrogen-bond donors (Lipinski definition) is 0. The molecule has 0 N–H and O–H groups in total. The van der Waals surface area contributed by atoms with Crippen LogP contribution in [0.2, 0.25) is 0 Å². The monoisotopic (exact) mass is 756 g/mol. The van der Waals surface area contributed by atoms with Crippen molar-refractivity contribution in [1.82, 2.24) is 0 Å². The van der Waals surface area contributed by atoms with Crippen LogP contribution in [0.4, 0.5) is 34.1 Å². The van der Waals surface area contributed by atoms with E-state index in [9.17, 15) is 0 Å². The normalized spacial score (nSPS) is 27.5. The molecule has 2 spiro atoms. The molecule has 8 aliphatic rings. The van der Waals surface area contributed by atoms with Crippen LogP contribution in [0.1, 0.15) is 73.6 Å². The van der Waals surface area contributed by atoms with Gasteiger partial charge in [0.2, 0.25) is 0 Å². The van der Waals surface area contributed by atoms with Crippen LogP contribution in [0, 0.1) is 23.7 Å². The largest absolute Gasteiger partial charge is 0.311 e. The van der Waals surface area contributed by atoms with Crippen molar-refractivity contribution in [2.45, 2.75) is 62.2 Å². The first-order valence-electron chi connectivity index (χ1n) is 22.6. The molecule has 0 aromatic heterocycles. The van der Waals surface area contributed by atoms with Gasteiger partial charge in [-0.3, -0.25) is 0 Å². The van der Waals surface area contributed by atoms with Crippen molar-refractivity contribution in [3.8, 4) is 22.3 Å². The van der Waals surface area contributed by atoms with Crippen molar-refractivity contribution in [3.05, 3.63) is 174 Å². The Morgan fingerprint density at radius 2 is 1.07 bits per heavy atom. The molecular weight excluding hydrogens is 711 g/mol. The smallest absolute Gasteiger partial charge is 0.252 e. The first kappa shape index (κ1) is 32.1. The second-order valence-electron chi connectivity index (χ2n) is 19.6. The summed E-state index contributed by atoms with van der Waals surface area (Å²) in [4.78, 5) is 5.30. The Labute approximate surface area is 347 Å². The number of anilines is 6. The molecule has 6 atom stereocenters. The van der Waals surface area contributed by atoms with E-state index in [2.05, 4.69) is 161 Å². The first-order valence-corrected chi connectivity index (χ1v) is 22.6. The molecule has 3 heteroatoms. The quantitative estimate of drug-likeness (QED) is 0.162. The predicted molar refractivity (Wildman–Crippen MR) is 244 cm³/mol. The highest BCUT2D eigenvalue weighted by molar-refractivity contribution is 7.00. The Balaban J connectivity index is 0.985. The first-order chi connectivity index (χ1) is 29.2. The van der Waals surface area contributed by atoms with E-state index in [1.165, 1.54) is 124 Å². The molecule has 6 aliphatic carbocycles. The van der Waals surface area contributed by atoms with Gasteiger partial charge in [-0.1, -0.05) is 122 Å². The Hall–Kier alpha value is -5.80. The van der Waals surface area contributed by atoms with Gasteiger partial charge in [0.1, 0.15) is 0 Å². The van der Waals surface area contributed by atoms with Crippen molar-refractivity contribution in [2.24, 2.45) is 23.7 Å². The number of nitrogens with zero attached hydrogens (tertiary/aromatic N) is 2. The Kier molecular flexibility index (Phi) is 6.02. The van der Waals surface area contributed by atoms with E-state index in [0.717, 1.165) is 23.7 Å². The van der Waals surface area contributed by atoms with Gasteiger partial charge >= 0.3 is 0 Å². The summed E-state index contributed by atoms with van der Waals surface area (Å²) in [6.07, 6.45) is 10.9. The van der Waals surface area contributed by atoms with Crippen molar-refractivity contribution in [3.63, 3.8) is 0 Å². The molecule has 0 radical (unpaired) electrons. The topological polar surface area (TPSA) is 6.48 Å². The molecule has 282 valence electrons. The minimum Gasteiger partial charge on any atom is -0.311 e. The standard InChI is InChI=1S/C56H45BN2/c1-2-11-38(12-3-1)59-51-20-10-19-50-53(51)57(48-28-27-45-52(54(48)59)42-14-5-7-16-44(42)55(45)32-34-21-23-36(55)29-34)47-17-8-9-18-49(47)58(50)39-25-26-41-40-13-4-6-15-43(40)56(46(41)31-39)33-35-22-24-37(56)30-35/h1-20,25-28,31,34-37H,21-24,29-30,32-33H2/t34-,35+,36?,37-,55+,56-/m1/s1. The van der Waals surface area contributed by atoms with Gasteiger partial charge in [-0.05, 0) is 160 Å². The summed E-state index contributed by atoms with van der Waals surface area (Å²) in [7, 11) is 0. The molecule has 0 amide bonds. The van der Waals surface area contributed by atoms with Gasteiger partial charge in [0.25, 0.3) is 6.71 Å². The van der Waals surface area contributed by atoms with Crippen molar-refractivity contribution in [2.75, 3.05) is 9.80 Å². The number of fused-ring (bicyclic) bond motifs is 21. The number of benzene rings is 7. The summed E-state index contributed by atoms with van der Waals surface area (Å²) in [6, 6.07) is 59.5. The number of para-hydroxylation sites is 2. The zero-order valence-electron chi connectivity index (χ0n) is 33.4. The van der Waals surface area contributed by atoms with Crippen LogP contribution in [-0.2, 0) is 10.8 Å². The minimum absolute atomic E-state index is 0.119. The van der Waals surface area contributed by atoms with E-state index in [1.54, 1.807) is 22.3 Å². The van der Waals surface area contributed by atoms with Gasteiger partial charge in [-0.15, -0.1) is 0 Å². The average molecular weight is 757 g/mol. The molecule has 7 aromatic carbocycles. The van der Waals surface area contributed by atoms with Crippen LogP contribution in [0.15, 0.2) is 152 Å². The molecule has 4 bridgehead atoms. The molecule has 7 aromatic rings. The van der Waals surface area contributed by atoms with Crippen LogP contribution in [0.3, 0.4) is 0 Å². The second-order valence-corrected chi connectivity index (χ2v) is 19.6. The maximum atomic E-state index is 2.67. The van der Waals surface area contributed by atoms with Crippen molar-refractivity contribution in [1.29, 1.82) is 0 Å². The van der Waals surface area contributed by atoms with Crippen molar-refractivity contribution >= 4 is 57.2 Å². The van der Waals surface area contributed by atoms with E-state index >= 15 is 0 Å². The highest BCUT2D eigenvalue weighted by Crippen LogP contribution is 2.68. The molecule has 2 heterocycles. The molecule has 2 aliphatic heterocycles. The molecule has 1 unspecified atom stereocenters. The predicted octanol–water partition coefficient (Wildman–Crippen LogP) is 11.9. The minimum atomic E-state index is 0.119. The molecule has 59 heavy (non-hydrogen) atoms. The Morgan fingerprint density at radius 3 is 1.81 bits per heavy atom.